The highest BCUT2D eigenvalue weighted by Gasteiger charge is 2.23. The van der Waals surface area contributed by atoms with Gasteiger partial charge >= 0.3 is 0 Å². The van der Waals surface area contributed by atoms with Gasteiger partial charge < -0.3 is 4.74 Å². The third-order valence-electron chi connectivity index (χ3n) is 3.73. The van der Waals surface area contributed by atoms with E-state index < -0.39 is 0 Å². The van der Waals surface area contributed by atoms with Gasteiger partial charge in [-0.25, -0.2) is 14.6 Å². The maximum atomic E-state index is 5.63. The Bertz CT molecular complexity index is 627. The van der Waals surface area contributed by atoms with Crippen LogP contribution in [0.2, 0.25) is 0 Å². The average molecular weight is 303 g/mol. The number of aromatic nitrogens is 6. The molecule has 0 radical (unpaired) electrons. The monoisotopic (exact) mass is 303 g/mol. The van der Waals surface area contributed by atoms with Crippen LogP contribution in [-0.4, -0.2) is 48.2 Å². The number of fused-ring (bicyclic) bond motifs is 1. The summed E-state index contributed by atoms with van der Waals surface area (Å²) in [6, 6.07) is 0. The molecule has 2 aromatic heterocycles. The normalized spacial score (nSPS) is 14.8. The molecule has 0 saturated carbocycles. The zero-order valence-corrected chi connectivity index (χ0v) is 13.1. The quantitative estimate of drug-likeness (QED) is 0.781. The summed E-state index contributed by atoms with van der Waals surface area (Å²) in [6.07, 6.45) is 3.50. The minimum absolute atomic E-state index is 0.609. The molecule has 0 aromatic carbocycles. The number of ether oxygens (including phenoxy) is 1. The average Bonchev–Trinajstić information content (AvgIpc) is 2.96. The van der Waals surface area contributed by atoms with Gasteiger partial charge in [-0.2, -0.15) is 0 Å². The van der Waals surface area contributed by atoms with E-state index in [1.807, 2.05) is 11.6 Å². The van der Waals surface area contributed by atoms with Crippen LogP contribution >= 0.6 is 0 Å². The molecule has 0 fully saturated rings. The summed E-state index contributed by atoms with van der Waals surface area (Å²) in [6.45, 7) is 7.98. The standard InChI is InChI=1S/C14H21N7O/c1-3-6-21-13(17-18-19-21)9-20-7-5-12-11(8-20)14(22-4-2)16-10-15-12/h10H,3-9H2,1-2H3. The number of rotatable bonds is 6. The van der Waals surface area contributed by atoms with E-state index >= 15 is 0 Å². The first-order chi connectivity index (χ1) is 10.8. The lowest BCUT2D eigenvalue weighted by Crippen LogP contribution is -2.32. The van der Waals surface area contributed by atoms with Crippen molar-refractivity contribution in [3.8, 4) is 5.88 Å². The van der Waals surface area contributed by atoms with Gasteiger partial charge in [0.25, 0.3) is 0 Å². The van der Waals surface area contributed by atoms with Gasteiger partial charge in [0.05, 0.1) is 18.8 Å². The van der Waals surface area contributed by atoms with Crippen LogP contribution in [0.1, 0.15) is 37.4 Å². The van der Waals surface area contributed by atoms with Gasteiger partial charge in [-0.05, 0) is 23.8 Å². The molecule has 0 aliphatic carbocycles. The molecule has 0 atom stereocenters. The minimum atomic E-state index is 0.609. The maximum Gasteiger partial charge on any atom is 0.221 e. The van der Waals surface area contributed by atoms with Crippen LogP contribution in [0.25, 0.3) is 0 Å². The molecule has 0 saturated heterocycles. The number of hydrogen-bond acceptors (Lipinski definition) is 7. The van der Waals surface area contributed by atoms with E-state index in [1.165, 1.54) is 0 Å². The van der Waals surface area contributed by atoms with Crippen molar-refractivity contribution >= 4 is 0 Å². The molecule has 2 aromatic rings. The fraction of sp³-hybridized carbons (Fsp3) is 0.643. The van der Waals surface area contributed by atoms with Gasteiger partial charge in [-0.3, -0.25) is 4.90 Å². The Morgan fingerprint density at radius 1 is 1.27 bits per heavy atom. The van der Waals surface area contributed by atoms with Gasteiger partial charge in [0, 0.05) is 31.6 Å². The molecule has 3 heterocycles. The number of tetrazole rings is 1. The van der Waals surface area contributed by atoms with E-state index in [0.717, 1.165) is 56.1 Å². The summed E-state index contributed by atoms with van der Waals surface area (Å²) < 4.78 is 7.50. The largest absolute Gasteiger partial charge is 0.478 e. The first kappa shape index (κ1) is 14.8. The summed E-state index contributed by atoms with van der Waals surface area (Å²) >= 11 is 0. The van der Waals surface area contributed by atoms with Gasteiger partial charge in [0.15, 0.2) is 5.82 Å². The predicted molar refractivity (Wildman–Crippen MR) is 79.1 cm³/mol. The molecule has 0 bridgehead atoms. The fourth-order valence-corrected chi connectivity index (χ4v) is 2.69. The highest BCUT2D eigenvalue weighted by atomic mass is 16.5. The van der Waals surface area contributed by atoms with Crippen LogP contribution in [0.3, 0.4) is 0 Å². The minimum Gasteiger partial charge on any atom is -0.478 e. The SMILES string of the molecule is CCCn1nnnc1CN1CCc2ncnc(OCC)c2C1. The van der Waals surface area contributed by atoms with Crippen LogP contribution in [0.15, 0.2) is 6.33 Å². The highest BCUT2D eigenvalue weighted by molar-refractivity contribution is 5.31. The van der Waals surface area contributed by atoms with Crippen molar-refractivity contribution in [1.82, 2.24) is 35.1 Å². The van der Waals surface area contributed by atoms with Crippen molar-refractivity contribution in [2.45, 2.75) is 46.3 Å². The van der Waals surface area contributed by atoms with E-state index in [9.17, 15) is 0 Å². The lowest BCUT2D eigenvalue weighted by Gasteiger charge is -2.28. The third-order valence-corrected chi connectivity index (χ3v) is 3.73. The van der Waals surface area contributed by atoms with E-state index in [4.69, 9.17) is 4.74 Å². The van der Waals surface area contributed by atoms with E-state index in [-0.39, 0.29) is 0 Å². The number of hydrogen-bond donors (Lipinski definition) is 0. The molecule has 22 heavy (non-hydrogen) atoms. The smallest absolute Gasteiger partial charge is 0.221 e. The summed E-state index contributed by atoms with van der Waals surface area (Å²) in [5, 5.41) is 12.0. The zero-order chi connectivity index (χ0) is 15.4. The molecule has 1 aliphatic rings. The first-order valence-electron chi connectivity index (χ1n) is 7.74. The molecule has 0 N–H and O–H groups in total. The summed E-state index contributed by atoms with van der Waals surface area (Å²) in [5.41, 5.74) is 2.17. The molecular weight excluding hydrogens is 282 g/mol. The Morgan fingerprint density at radius 2 is 2.18 bits per heavy atom. The lowest BCUT2D eigenvalue weighted by atomic mass is 10.1. The van der Waals surface area contributed by atoms with Gasteiger partial charge in [0.2, 0.25) is 5.88 Å². The zero-order valence-electron chi connectivity index (χ0n) is 13.1. The van der Waals surface area contributed by atoms with Crippen molar-refractivity contribution in [2.75, 3.05) is 13.2 Å². The number of aryl methyl sites for hydroxylation is 1. The van der Waals surface area contributed by atoms with Crippen molar-refractivity contribution in [3.05, 3.63) is 23.4 Å². The Labute approximate surface area is 129 Å². The van der Waals surface area contributed by atoms with Crippen LogP contribution in [-0.2, 0) is 26.1 Å². The van der Waals surface area contributed by atoms with Crippen molar-refractivity contribution < 1.29 is 4.74 Å². The van der Waals surface area contributed by atoms with Crippen LogP contribution < -0.4 is 4.74 Å². The van der Waals surface area contributed by atoms with Crippen molar-refractivity contribution in [1.29, 1.82) is 0 Å². The van der Waals surface area contributed by atoms with E-state index in [0.29, 0.717) is 12.5 Å². The molecule has 8 heteroatoms. The van der Waals surface area contributed by atoms with Gasteiger partial charge in [-0.1, -0.05) is 6.92 Å². The Morgan fingerprint density at radius 3 is 3.00 bits per heavy atom. The Balaban J connectivity index is 1.75. The molecule has 0 unspecified atom stereocenters. The van der Waals surface area contributed by atoms with E-state index in [2.05, 4.69) is 37.3 Å². The third kappa shape index (κ3) is 3.06. The molecule has 0 spiro atoms. The van der Waals surface area contributed by atoms with E-state index in [1.54, 1.807) is 6.33 Å². The van der Waals surface area contributed by atoms with Gasteiger partial charge in [0.1, 0.15) is 6.33 Å². The Hall–Kier alpha value is -2.09. The summed E-state index contributed by atoms with van der Waals surface area (Å²) in [4.78, 5) is 10.9. The molecular formula is C14H21N7O. The summed E-state index contributed by atoms with van der Waals surface area (Å²) in [7, 11) is 0. The molecule has 8 nitrogen and oxygen atoms in total. The summed E-state index contributed by atoms with van der Waals surface area (Å²) in [5.74, 6) is 1.60. The van der Waals surface area contributed by atoms with Crippen LogP contribution in [0, 0.1) is 0 Å². The van der Waals surface area contributed by atoms with Crippen LogP contribution in [0.4, 0.5) is 0 Å². The first-order valence-corrected chi connectivity index (χ1v) is 7.74. The van der Waals surface area contributed by atoms with Gasteiger partial charge in [-0.15, -0.1) is 5.10 Å². The highest BCUT2D eigenvalue weighted by Crippen LogP contribution is 2.25. The Kier molecular flexibility index (Phi) is 4.57. The predicted octanol–water partition coefficient (Wildman–Crippen LogP) is 0.830. The second kappa shape index (κ2) is 6.78. The second-order valence-electron chi connectivity index (χ2n) is 5.32. The lowest BCUT2D eigenvalue weighted by molar-refractivity contribution is 0.222. The number of nitrogens with zero attached hydrogens (tertiary/aromatic N) is 7. The fourth-order valence-electron chi connectivity index (χ4n) is 2.69. The van der Waals surface area contributed by atoms with Crippen LogP contribution in [0.5, 0.6) is 5.88 Å². The maximum absolute atomic E-state index is 5.63. The molecule has 0 amide bonds. The van der Waals surface area contributed by atoms with Crippen molar-refractivity contribution in [2.24, 2.45) is 0 Å². The molecule has 1 aliphatic heterocycles. The second-order valence-corrected chi connectivity index (χ2v) is 5.32. The topological polar surface area (TPSA) is 81.9 Å². The molecule has 118 valence electrons. The van der Waals surface area contributed by atoms with Crippen molar-refractivity contribution in [3.63, 3.8) is 0 Å². The molecule has 3 rings (SSSR count).